The standard InChI is InChI=1S/C19H28N2O.BrH/c22-19-11-7-2-1-4-8-17(19)16-20-12-14-21(15-13-20)18-9-5-3-6-10-18;/h3,5-6,9-10,17H,1-2,4,7-8,11-16H2;1H. The zero-order chi connectivity index (χ0) is 15.2. The lowest BCUT2D eigenvalue weighted by Crippen LogP contribution is -2.48. The highest BCUT2D eigenvalue weighted by molar-refractivity contribution is 8.93. The minimum atomic E-state index is 0. The molecule has 2 aliphatic rings. The van der Waals surface area contributed by atoms with Gasteiger partial charge in [-0.15, -0.1) is 17.0 Å². The van der Waals surface area contributed by atoms with Gasteiger partial charge in [-0.05, 0) is 25.0 Å². The third-order valence-electron chi connectivity index (χ3n) is 5.15. The number of para-hydroxylation sites is 1. The molecule has 1 aliphatic carbocycles. The average molecular weight is 381 g/mol. The summed E-state index contributed by atoms with van der Waals surface area (Å²) < 4.78 is 0. The van der Waals surface area contributed by atoms with Crippen LogP contribution in [0.15, 0.2) is 30.3 Å². The highest BCUT2D eigenvalue weighted by Gasteiger charge is 2.24. The van der Waals surface area contributed by atoms with Gasteiger partial charge in [0.2, 0.25) is 0 Å². The second-order valence-corrected chi connectivity index (χ2v) is 6.74. The molecule has 0 bridgehead atoms. The summed E-state index contributed by atoms with van der Waals surface area (Å²) in [6.07, 6.45) is 6.82. The van der Waals surface area contributed by atoms with E-state index in [0.717, 1.165) is 52.0 Å². The van der Waals surface area contributed by atoms with E-state index in [2.05, 4.69) is 40.1 Å². The number of halogens is 1. The number of carbonyl (C=O) groups is 1. The molecule has 0 spiro atoms. The summed E-state index contributed by atoms with van der Waals surface area (Å²) in [5.41, 5.74) is 1.32. The molecule has 1 aliphatic heterocycles. The molecule has 0 amide bonds. The van der Waals surface area contributed by atoms with E-state index in [0.29, 0.717) is 11.7 Å². The van der Waals surface area contributed by atoms with Crippen LogP contribution in [-0.4, -0.2) is 43.4 Å². The molecule has 4 heteroatoms. The van der Waals surface area contributed by atoms with Crippen LogP contribution in [0.3, 0.4) is 0 Å². The van der Waals surface area contributed by atoms with Crippen molar-refractivity contribution in [3.8, 4) is 0 Å². The predicted molar refractivity (Wildman–Crippen MR) is 102 cm³/mol. The molecule has 2 fully saturated rings. The Kier molecular flexibility index (Phi) is 7.57. The highest BCUT2D eigenvalue weighted by atomic mass is 79.9. The molecular formula is C19H29BrN2O. The normalized spacial score (nSPS) is 23.7. The van der Waals surface area contributed by atoms with Crippen molar-refractivity contribution in [1.82, 2.24) is 4.90 Å². The molecule has 1 heterocycles. The summed E-state index contributed by atoms with van der Waals surface area (Å²) in [5.74, 6) is 0.814. The van der Waals surface area contributed by atoms with Gasteiger partial charge in [0.1, 0.15) is 5.78 Å². The summed E-state index contributed by atoms with van der Waals surface area (Å²) in [5, 5.41) is 0. The largest absolute Gasteiger partial charge is 0.369 e. The van der Waals surface area contributed by atoms with Gasteiger partial charge in [0.15, 0.2) is 0 Å². The first-order chi connectivity index (χ1) is 10.8. The molecule has 3 nitrogen and oxygen atoms in total. The van der Waals surface area contributed by atoms with E-state index in [1.165, 1.54) is 24.9 Å². The lowest BCUT2D eigenvalue weighted by Gasteiger charge is -2.37. The molecule has 0 radical (unpaired) electrons. The molecule has 0 aromatic heterocycles. The van der Waals surface area contributed by atoms with Gasteiger partial charge in [-0.3, -0.25) is 9.69 Å². The van der Waals surface area contributed by atoms with Crippen molar-refractivity contribution in [3.63, 3.8) is 0 Å². The molecule has 1 saturated heterocycles. The van der Waals surface area contributed by atoms with E-state index in [4.69, 9.17) is 0 Å². The van der Waals surface area contributed by atoms with Crippen molar-refractivity contribution in [1.29, 1.82) is 0 Å². The van der Waals surface area contributed by atoms with Gasteiger partial charge in [-0.25, -0.2) is 0 Å². The number of carbonyl (C=O) groups excluding carboxylic acids is 1. The molecular weight excluding hydrogens is 352 g/mol. The molecule has 1 unspecified atom stereocenters. The fourth-order valence-electron chi connectivity index (χ4n) is 3.74. The van der Waals surface area contributed by atoms with Crippen LogP contribution in [0.25, 0.3) is 0 Å². The number of ketones is 1. The molecule has 1 atom stereocenters. The number of anilines is 1. The Bertz CT molecular complexity index is 472. The fraction of sp³-hybridized carbons (Fsp3) is 0.632. The number of rotatable bonds is 3. The Hall–Kier alpha value is -0.870. The first-order valence-corrected chi connectivity index (χ1v) is 8.88. The summed E-state index contributed by atoms with van der Waals surface area (Å²) in [6.45, 7) is 5.30. The Morgan fingerprint density at radius 2 is 1.61 bits per heavy atom. The van der Waals surface area contributed by atoms with Crippen LogP contribution in [-0.2, 0) is 4.79 Å². The first-order valence-electron chi connectivity index (χ1n) is 8.88. The van der Waals surface area contributed by atoms with E-state index in [-0.39, 0.29) is 17.0 Å². The number of piperazine rings is 1. The fourth-order valence-corrected chi connectivity index (χ4v) is 3.74. The first kappa shape index (κ1) is 18.5. The van der Waals surface area contributed by atoms with Gasteiger partial charge < -0.3 is 4.90 Å². The van der Waals surface area contributed by atoms with Crippen LogP contribution in [0, 0.1) is 5.92 Å². The van der Waals surface area contributed by atoms with Crippen LogP contribution < -0.4 is 4.90 Å². The molecule has 1 saturated carbocycles. The highest BCUT2D eigenvalue weighted by Crippen LogP contribution is 2.22. The van der Waals surface area contributed by atoms with Crippen molar-refractivity contribution < 1.29 is 4.79 Å². The average Bonchev–Trinajstić information content (AvgIpc) is 2.56. The molecule has 3 rings (SSSR count). The van der Waals surface area contributed by atoms with Gasteiger partial charge in [0.25, 0.3) is 0 Å². The van der Waals surface area contributed by atoms with Crippen LogP contribution in [0.1, 0.15) is 38.5 Å². The Morgan fingerprint density at radius 1 is 0.913 bits per heavy atom. The third kappa shape index (κ3) is 5.32. The van der Waals surface area contributed by atoms with Crippen LogP contribution in [0.4, 0.5) is 5.69 Å². The summed E-state index contributed by atoms with van der Waals surface area (Å²) in [7, 11) is 0. The van der Waals surface area contributed by atoms with Crippen molar-refractivity contribution in [2.75, 3.05) is 37.6 Å². The van der Waals surface area contributed by atoms with Gasteiger partial charge in [-0.2, -0.15) is 0 Å². The molecule has 0 N–H and O–H groups in total. The number of Topliss-reactive ketones (excluding diaryl/α,β-unsaturated/α-hetero) is 1. The zero-order valence-electron chi connectivity index (χ0n) is 14.0. The summed E-state index contributed by atoms with van der Waals surface area (Å²) in [4.78, 5) is 17.2. The molecule has 128 valence electrons. The Balaban J connectivity index is 0.00000192. The van der Waals surface area contributed by atoms with E-state index < -0.39 is 0 Å². The summed E-state index contributed by atoms with van der Waals surface area (Å²) in [6, 6.07) is 10.7. The van der Waals surface area contributed by atoms with Crippen molar-refractivity contribution in [2.24, 2.45) is 5.92 Å². The number of hydrogen-bond donors (Lipinski definition) is 0. The number of benzene rings is 1. The quantitative estimate of drug-likeness (QED) is 0.793. The lowest BCUT2D eigenvalue weighted by molar-refractivity contribution is -0.124. The van der Waals surface area contributed by atoms with Gasteiger partial charge in [0.05, 0.1) is 0 Å². The van der Waals surface area contributed by atoms with Crippen molar-refractivity contribution in [3.05, 3.63) is 30.3 Å². The second kappa shape index (κ2) is 9.43. The Labute approximate surface area is 150 Å². The SMILES string of the molecule is Br.O=C1CCCCCCC1CN1CCN(c2ccccc2)CC1. The van der Waals surface area contributed by atoms with Crippen LogP contribution >= 0.6 is 17.0 Å². The van der Waals surface area contributed by atoms with Crippen LogP contribution in [0.2, 0.25) is 0 Å². The Morgan fingerprint density at radius 3 is 2.35 bits per heavy atom. The zero-order valence-corrected chi connectivity index (χ0v) is 15.7. The summed E-state index contributed by atoms with van der Waals surface area (Å²) >= 11 is 0. The van der Waals surface area contributed by atoms with Gasteiger partial charge in [-0.1, -0.05) is 37.5 Å². The molecule has 23 heavy (non-hydrogen) atoms. The van der Waals surface area contributed by atoms with E-state index >= 15 is 0 Å². The second-order valence-electron chi connectivity index (χ2n) is 6.74. The maximum atomic E-state index is 12.3. The topological polar surface area (TPSA) is 23.6 Å². The van der Waals surface area contributed by atoms with Gasteiger partial charge in [0, 0.05) is 50.7 Å². The van der Waals surface area contributed by atoms with Crippen molar-refractivity contribution in [2.45, 2.75) is 38.5 Å². The molecule has 1 aromatic rings. The predicted octanol–water partition coefficient (Wildman–Crippen LogP) is 3.93. The maximum Gasteiger partial charge on any atom is 0.137 e. The minimum absolute atomic E-state index is 0. The van der Waals surface area contributed by atoms with E-state index in [9.17, 15) is 4.79 Å². The van der Waals surface area contributed by atoms with E-state index in [1.54, 1.807) is 0 Å². The smallest absolute Gasteiger partial charge is 0.137 e. The number of nitrogens with zero attached hydrogens (tertiary/aromatic N) is 2. The maximum absolute atomic E-state index is 12.3. The third-order valence-corrected chi connectivity index (χ3v) is 5.15. The van der Waals surface area contributed by atoms with Gasteiger partial charge >= 0.3 is 0 Å². The molecule has 1 aromatic carbocycles. The van der Waals surface area contributed by atoms with E-state index in [1.807, 2.05) is 0 Å². The number of hydrogen-bond acceptors (Lipinski definition) is 3. The minimum Gasteiger partial charge on any atom is -0.369 e. The monoisotopic (exact) mass is 380 g/mol. The van der Waals surface area contributed by atoms with Crippen LogP contribution in [0.5, 0.6) is 0 Å². The lowest BCUT2D eigenvalue weighted by atomic mass is 9.89. The van der Waals surface area contributed by atoms with Crippen molar-refractivity contribution >= 4 is 28.5 Å².